The van der Waals surface area contributed by atoms with Gasteiger partial charge in [-0.1, -0.05) is 43.3 Å². The molecular formula is C28H26N2O6. The van der Waals surface area contributed by atoms with Crippen molar-refractivity contribution < 1.29 is 28.5 Å². The van der Waals surface area contributed by atoms with Crippen molar-refractivity contribution in [2.24, 2.45) is 5.73 Å². The molecule has 36 heavy (non-hydrogen) atoms. The van der Waals surface area contributed by atoms with Crippen molar-refractivity contribution >= 4 is 5.97 Å². The fourth-order valence-corrected chi connectivity index (χ4v) is 3.92. The first-order chi connectivity index (χ1) is 17.5. The summed E-state index contributed by atoms with van der Waals surface area (Å²) in [6, 6.07) is 21.7. The molecule has 1 unspecified atom stereocenters. The smallest absolute Gasteiger partial charge is 0.349 e. The Balaban J connectivity index is 1.57. The molecule has 8 nitrogen and oxygen atoms in total. The number of carbonyl (C=O) groups excluding carboxylic acids is 1. The second-order valence-corrected chi connectivity index (χ2v) is 7.92. The predicted molar refractivity (Wildman–Crippen MR) is 132 cm³/mol. The Morgan fingerprint density at radius 3 is 2.44 bits per heavy atom. The molecule has 0 amide bonds. The third-order valence-electron chi connectivity index (χ3n) is 5.53. The van der Waals surface area contributed by atoms with Crippen LogP contribution < -0.4 is 29.4 Å². The SMILES string of the molecule is CCCOc1ccccc1C1C(C#N)=C(N)Oc2cc(OC(=O)COc3ccccc3OC)ccc21. The van der Waals surface area contributed by atoms with Crippen LogP contribution in [0.1, 0.15) is 30.4 Å². The monoisotopic (exact) mass is 486 g/mol. The van der Waals surface area contributed by atoms with Gasteiger partial charge in [0.15, 0.2) is 18.1 Å². The number of esters is 1. The van der Waals surface area contributed by atoms with Crippen molar-refractivity contribution in [3.05, 3.63) is 89.3 Å². The molecule has 0 radical (unpaired) electrons. The molecule has 184 valence electrons. The van der Waals surface area contributed by atoms with Crippen molar-refractivity contribution in [2.45, 2.75) is 19.3 Å². The van der Waals surface area contributed by atoms with E-state index >= 15 is 0 Å². The Morgan fingerprint density at radius 2 is 1.72 bits per heavy atom. The van der Waals surface area contributed by atoms with Crippen molar-refractivity contribution in [1.82, 2.24) is 0 Å². The molecule has 1 aliphatic heterocycles. The zero-order valence-corrected chi connectivity index (χ0v) is 20.0. The fourth-order valence-electron chi connectivity index (χ4n) is 3.92. The number of nitrogens with two attached hydrogens (primary N) is 1. The number of para-hydroxylation sites is 3. The van der Waals surface area contributed by atoms with Gasteiger partial charge in [0, 0.05) is 17.2 Å². The van der Waals surface area contributed by atoms with Gasteiger partial charge in [-0.15, -0.1) is 0 Å². The normalized spacial score (nSPS) is 14.2. The summed E-state index contributed by atoms with van der Waals surface area (Å²) < 4.78 is 27.9. The summed E-state index contributed by atoms with van der Waals surface area (Å²) in [6.45, 7) is 2.25. The fraction of sp³-hybridized carbons (Fsp3) is 0.214. The van der Waals surface area contributed by atoms with E-state index in [9.17, 15) is 10.1 Å². The molecular weight excluding hydrogens is 460 g/mol. The maximum absolute atomic E-state index is 12.4. The van der Waals surface area contributed by atoms with Crippen LogP contribution in [0.15, 0.2) is 78.2 Å². The summed E-state index contributed by atoms with van der Waals surface area (Å²) in [7, 11) is 1.52. The quantitative estimate of drug-likeness (QED) is 0.342. The highest BCUT2D eigenvalue weighted by molar-refractivity contribution is 5.74. The maximum Gasteiger partial charge on any atom is 0.349 e. The lowest BCUT2D eigenvalue weighted by atomic mass is 9.83. The molecule has 1 aliphatic rings. The Bertz CT molecular complexity index is 1330. The average molecular weight is 487 g/mol. The van der Waals surface area contributed by atoms with Crippen LogP contribution in [0.25, 0.3) is 0 Å². The first-order valence-electron chi connectivity index (χ1n) is 11.5. The molecule has 1 atom stereocenters. The number of nitrogens with zero attached hydrogens (tertiary/aromatic N) is 1. The number of rotatable bonds is 9. The van der Waals surface area contributed by atoms with E-state index in [1.165, 1.54) is 7.11 Å². The van der Waals surface area contributed by atoms with Crippen molar-refractivity contribution in [3.63, 3.8) is 0 Å². The molecule has 8 heteroatoms. The van der Waals surface area contributed by atoms with Crippen LogP contribution in [0.2, 0.25) is 0 Å². The minimum Gasteiger partial charge on any atom is -0.493 e. The maximum atomic E-state index is 12.4. The summed E-state index contributed by atoms with van der Waals surface area (Å²) in [5, 5.41) is 9.85. The van der Waals surface area contributed by atoms with Crippen LogP contribution in [0.3, 0.4) is 0 Å². The summed E-state index contributed by atoms with van der Waals surface area (Å²) in [5.74, 6) is 1.14. The van der Waals surface area contributed by atoms with E-state index in [4.69, 9.17) is 29.4 Å². The van der Waals surface area contributed by atoms with Gasteiger partial charge in [-0.25, -0.2) is 4.79 Å². The average Bonchev–Trinajstić information content (AvgIpc) is 2.90. The zero-order chi connectivity index (χ0) is 25.5. The molecule has 1 heterocycles. The second kappa shape index (κ2) is 11.2. The van der Waals surface area contributed by atoms with Crippen LogP contribution >= 0.6 is 0 Å². The molecule has 4 rings (SSSR count). The van der Waals surface area contributed by atoms with Gasteiger partial charge in [0.2, 0.25) is 5.88 Å². The number of allylic oxidation sites excluding steroid dienone is 1. The Hall–Kier alpha value is -4.64. The number of hydrogen-bond acceptors (Lipinski definition) is 8. The van der Waals surface area contributed by atoms with Gasteiger partial charge in [-0.3, -0.25) is 0 Å². The van der Waals surface area contributed by atoms with Crippen LogP contribution in [-0.4, -0.2) is 26.3 Å². The topological polar surface area (TPSA) is 113 Å². The molecule has 2 N–H and O–H groups in total. The number of nitriles is 1. The number of carbonyl (C=O) groups is 1. The summed E-state index contributed by atoms with van der Waals surface area (Å²) in [4.78, 5) is 12.4. The lowest BCUT2D eigenvalue weighted by molar-refractivity contribution is -0.136. The number of benzene rings is 3. The van der Waals surface area contributed by atoms with E-state index in [1.54, 1.807) is 42.5 Å². The van der Waals surface area contributed by atoms with E-state index in [-0.39, 0.29) is 23.8 Å². The summed E-state index contributed by atoms with van der Waals surface area (Å²) in [5.41, 5.74) is 7.91. The first-order valence-corrected chi connectivity index (χ1v) is 11.5. The second-order valence-electron chi connectivity index (χ2n) is 7.92. The van der Waals surface area contributed by atoms with Crippen LogP contribution in [-0.2, 0) is 4.79 Å². The van der Waals surface area contributed by atoms with Crippen LogP contribution in [0.5, 0.6) is 28.7 Å². The minimum absolute atomic E-state index is 0.0109. The Labute approximate surface area is 209 Å². The molecule has 0 fully saturated rings. The number of hydrogen-bond donors (Lipinski definition) is 1. The van der Waals surface area contributed by atoms with Gasteiger partial charge in [0.05, 0.1) is 19.6 Å². The number of methoxy groups -OCH3 is 1. The lowest BCUT2D eigenvalue weighted by Crippen LogP contribution is -2.22. The lowest BCUT2D eigenvalue weighted by Gasteiger charge is -2.28. The van der Waals surface area contributed by atoms with Crippen molar-refractivity contribution in [3.8, 4) is 34.8 Å². The number of ether oxygens (including phenoxy) is 5. The molecule has 0 saturated heterocycles. The largest absolute Gasteiger partial charge is 0.493 e. The Kier molecular flexibility index (Phi) is 7.61. The van der Waals surface area contributed by atoms with Gasteiger partial charge in [0.1, 0.15) is 28.9 Å². The minimum atomic E-state index is -0.604. The number of fused-ring (bicyclic) bond motifs is 1. The third kappa shape index (κ3) is 5.20. The van der Waals surface area contributed by atoms with E-state index in [1.807, 2.05) is 31.2 Å². The highest BCUT2D eigenvalue weighted by Crippen LogP contribution is 2.45. The third-order valence-corrected chi connectivity index (χ3v) is 5.53. The van der Waals surface area contributed by atoms with Gasteiger partial charge in [-0.05, 0) is 30.7 Å². The molecule has 3 aromatic rings. The van der Waals surface area contributed by atoms with Gasteiger partial charge < -0.3 is 29.4 Å². The van der Waals surface area contributed by atoms with Crippen molar-refractivity contribution in [2.75, 3.05) is 20.3 Å². The predicted octanol–water partition coefficient (Wildman–Crippen LogP) is 4.69. The zero-order valence-electron chi connectivity index (χ0n) is 20.0. The van der Waals surface area contributed by atoms with E-state index in [0.717, 1.165) is 12.0 Å². The summed E-state index contributed by atoms with van der Waals surface area (Å²) >= 11 is 0. The highest BCUT2D eigenvalue weighted by Gasteiger charge is 2.33. The Morgan fingerprint density at radius 1 is 1.00 bits per heavy atom. The van der Waals surface area contributed by atoms with Gasteiger partial charge >= 0.3 is 5.97 Å². The van der Waals surface area contributed by atoms with E-state index < -0.39 is 11.9 Å². The molecule has 0 aliphatic carbocycles. The molecule has 0 spiro atoms. The molecule has 0 saturated carbocycles. The molecule has 3 aromatic carbocycles. The van der Waals surface area contributed by atoms with E-state index in [0.29, 0.717) is 35.2 Å². The highest BCUT2D eigenvalue weighted by atomic mass is 16.6. The molecule has 0 aromatic heterocycles. The van der Waals surface area contributed by atoms with Crippen molar-refractivity contribution in [1.29, 1.82) is 5.26 Å². The van der Waals surface area contributed by atoms with Gasteiger partial charge in [-0.2, -0.15) is 5.26 Å². The van der Waals surface area contributed by atoms with E-state index in [2.05, 4.69) is 6.07 Å². The van der Waals surface area contributed by atoms with Crippen LogP contribution in [0, 0.1) is 11.3 Å². The van der Waals surface area contributed by atoms with Crippen LogP contribution in [0.4, 0.5) is 0 Å². The first kappa shape index (κ1) is 24.5. The molecule has 0 bridgehead atoms. The van der Waals surface area contributed by atoms with Gasteiger partial charge in [0.25, 0.3) is 0 Å². The summed E-state index contributed by atoms with van der Waals surface area (Å²) in [6.07, 6.45) is 0.845. The standard InChI is InChI=1S/C28H26N2O6/c1-3-14-33-22-9-5-4-8-19(22)27-20-13-12-18(15-25(20)36-28(30)21(27)16-29)35-26(31)17-34-24-11-7-6-10-23(24)32-2/h4-13,15,27H,3,14,17,30H2,1-2H3.